The molecule has 2 N–H and O–H groups in total. The van der Waals surface area contributed by atoms with E-state index in [-0.39, 0.29) is 10.6 Å². The molecule has 2 aromatic carbocycles. The first-order valence-corrected chi connectivity index (χ1v) is 7.70. The third-order valence-corrected chi connectivity index (χ3v) is 3.81. The number of carbonyl (C=O) groups is 1. The first kappa shape index (κ1) is 15.9. The predicted octanol–water partition coefficient (Wildman–Crippen LogP) is 1.21. The summed E-state index contributed by atoms with van der Waals surface area (Å²) in [5, 5.41) is 0. The highest BCUT2D eigenvalue weighted by molar-refractivity contribution is 7.89. The van der Waals surface area contributed by atoms with Gasteiger partial charge in [-0.05, 0) is 24.3 Å². The van der Waals surface area contributed by atoms with E-state index in [2.05, 4.69) is 0 Å². The van der Waals surface area contributed by atoms with Crippen molar-refractivity contribution in [2.75, 3.05) is 6.61 Å². The van der Waals surface area contributed by atoms with Crippen molar-refractivity contribution >= 4 is 15.9 Å². The minimum atomic E-state index is -3.84. The Hall–Kier alpha value is -2.45. The molecule has 2 rings (SSSR count). The van der Waals surface area contributed by atoms with E-state index in [4.69, 9.17) is 4.74 Å². The van der Waals surface area contributed by atoms with Gasteiger partial charge in [0.2, 0.25) is 0 Å². The summed E-state index contributed by atoms with van der Waals surface area (Å²) in [5.41, 5.74) is 2.01. The molecule has 0 heterocycles. The lowest BCUT2D eigenvalue weighted by molar-refractivity contribution is -0.123. The maximum absolute atomic E-state index is 12.9. The van der Waals surface area contributed by atoms with Crippen LogP contribution in [0.2, 0.25) is 0 Å². The third-order valence-electron chi connectivity index (χ3n) is 2.54. The number of benzene rings is 2. The second kappa shape index (κ2) is 7.01. The van der Waals surface area contributed by atoms with Gasteiger partial charge in [0.1, 0.15) is 11.6 Å². The highest BCUT2D eigenvalue weighted by atomic mass is 32.2. The summed E-state index contributed by atoms with van der Waals surface area (Å²) < 4.78 is 41.6. The fourth-order valence-electron chi connectivity index (χ4n) is 1.52. The van der Waals surface area contributed by atoms with Crippen LogP contribution in [0.25, 0.3) is 0 Å². The van der Waals surface area contributed by atoms with Crippen LogP contribution in [-0.2, 0) is 14.8 Å². The number of hydrogen-bond donors (Lipinski definition) is 2. The molecule has 6 nitrogen and oxygen atoms in total. The van der Waals surface area contributed by atoms with Crippen LogP contribution >= 0.6 is 0 Å². The van der Waals surface area contributed by atoms with Gasteiger partial charge in [0.25, 0.3) is 15.9 Å². The molecule has 8 heteroatoms. The van der Waals surface area contributed by atoms with Crippen LogP contribution in [0.5, 0.6) is 5.75 Å². The zero-order valence-corrected chi connectivity index (χ0v) is 12.1. The van der Waals surface area contributed by atoms with Crippen molar-refractivity contribution in [2.24, 2.45) is 0 Å². The molecular weight excluding hydrogens is 311 g/mol. The van der Waals surface area contributed by atoms with Crippen LogP contribution in [-0.4, -0.2) is 20.9 Å². The SMILES string of the molecule is O=C(COc1cccc(F)c1)NNS(=O)(=O)c1ccccc1. The lowest BCUT2D eigenvalue weighted by atomic mass is 10.3. The molecule has 116 valence electrons. The Labute approximate surface area is 126 Å². The van der Waals surface area contributed by atoms with Gasteiger partial charge in [0.05, 0.1) is 4.90 Å². The van der Waals surface area contributed by atoms with Crippen molar-refractivity contribution in [3.63, 3.8) is 0 Å². The minimum absolute atomic E-state index is 0.0151. The van der Waals surface area contributed by atoms with Crippen LogP contribution in [0.15, 0.2) is 59.5 Å². The number of amides is 1. The number of hydrogen-bond acceptors (Lipinski definition) is 4. The maximum Gasteiger partial charge on any atom is 0.272 e. The van der Waals surface area contributed by atoms with E-state index >= 15 is 0 Å². The van der Waals surface area contributed by atoms with Gasteiger partial charge in [0, 0.05) is 6.07 Å². The third kappa shape index (κ3) is 4.54. The zero-order valence-electron chi connectivity index (χ0n) is 11.3. The Morgan fingerprint density at radius 2 is 1.82 bits per heavy atom. The summed E-state index contributed by atoms with van der Waals surface area (Å²) in [6.45, 7) is -0.458. The fraction of sp³-hybridized carbons (Fsp3) is 0.0714. The van der Waals surface area contributed by atoms with Crippen LogP contribution < -0.4 is 15.0 Å². The Balaban J connectivity index is 1.85. The first-order chi connectivity index (χ1) is 10.5. The molecule has 2 aromatic rings. The molecule has 0 unspecified atom stereocenters. The average Bonchev–Trinajstić information content (AvgIpc) is 2.52. The van der Waals surface area contributed by atoms with E-state index in [1.165, 1.54) is 30.3 Å². The van der Waals surface area contributed by atoms with Crippen molar-refractivity contribution in [2.45, 2.75) is 4.90 Å². The standard InChI is InChI=1S/C14H13FN2O4S/c15-11-5-4-6-12(9-11)21-10-14(18)16-17-22(19,20)13-7-2-1-3-8-13/h1-9,17H,10H2,(H,16,18). The van der Waals surface area contributed by atoms with Crippen molar-refractivity contribution in [3.8, 4) is 5.75 Å². The largest absolute Gasteiger partial charge is 0.484 e. The lowest BCUT2D eigenvalue weighted by Gasteiger charge is -2.09. The number of halogens is 1. The summed E-state index contributed by atoms with van der Waals surface area (Å²) in [6, 6.07) is 12.8. The van der Waals surface area contributed by atoms with Gasteiger partial charge < -0.3 is 4.74 Å². The van der Waals surface area contributed by atoms with Crippen LogP contribution in [0, 0.1) is 5.82 Å². The highest BCUT2D eigenvalue weighted by Crippen LogP contribution is 2.11. The molecule has 0 saturated heterocycles. The monoisotopic (exact) mass is 324 g/mol. The smallest absolute Gasteiger partial charge is 0.272 e. The number of hydrazine groups is 1. The Bertz CT molecular complexity index is 750. The lowest BCUT2D eigenvalue weighted by Crippen LogP contribution is -2.43. The zero-order chi connectivity index (χ0) is 16.0. The van der Waals surface area contributed by atoms with Gasteiger partial charge in [-0.3, -0.25) is 10.2 Å². The van der Waals surface area contributed by atoms with E-state index in [9.17, 15) is 17.6 Å². The molecule has 0 bridgehead atoms. The van der Waals surface area contributed by atoms with Crippen molar-refractivity contribution < 1.29 is 22.3 Å². The van der Waals surface area contributed by atoms with Gasteiger partial charge in [-0.25, -0.2) is 12.8 Å². The van der Waals surface area contributed by atoms with E-state index in [1.807, 2.05) is 10.3 Å². The van der Waals surface area contributed by atoms with Crippen molar-refractivity contribution in [1.29, 1.82) is 0 Å². The summed E-state index contributed by atoms with van der Waals surface area (Å²) in [4.78, 5) is 13.5. The summed E-state index contributed by atoms with van der Waals surface area (Å²) >= 11 is 0. The molecular formula is C14H13FN2O4S. The van der Waals surface area contributed by atoms with E-state index in [1.54, 1.807) is 18.2 Å². The van der Waals surface area contributed by atoms with Crippen LogP contribution in [0.3, 0.4) is 0 Å². The average molecular weight is 324 g/mol. The quantitative estimate of drug-likeness (QED) is 0.782. The van der Waals surface area contributed by atoms with Crippen LogP contribution in [0.1, 0.15) is 0 Å². The van der Waals surface area contributed by atoms with E-state index in [0.29, 0.717) is 0 Å². The molecule has 0 aliphatic rings. The Morgan fingerprint density at radius 3 is 2.50 bits per heavy atom. The summed E-state index contributed by atoms with van der Waals surface area (Å²) in [7, 11) is -3.84. The van der Waals surface area contributed by atoms with Gasteiger partial charge in [-0.1, -0.05) is 24.3 Å². The molecule has 0 saturated carbocycles. The minimum Gasteiger partial charge on any atom is -0.484 e. The predicted molar refractivity (Wildman–Crippen MR) is 76.8 cm³/mol. The molecule has 1 amide bonds. The molecule has 0 aliphatic heterocycles. The fourth-order valence-corrected chi connectivity index (χ4v) is 2.41. The van der Waals surface area contributed by atoms with Gasteiger partial charge in [-0.15, -0.1) is 4.83 Å². The molecule has 0 spiro atoms. The molecule has 0 fully saturated rings. The molecule has 0 aliphatic carbocycles. The second-order valence-corrected chi connectivity index (χ2v) is 5.90. The molecule has 0 radical (unpaired) electrons. The number of rotatable bonds is 6. The van der Waals surface area contributed by atoms with Crippen LogP contribution in [0.4, 0.5) is 4.39 Å². The Kier molecular flexibility index (Phi) is 5.08. The molecule has 0 atom stereocenters. The van der Waals surface area contributed by atoms with Crippen molar-refractivity contribution in [3.05, 3.63) is 60.4 Å². The van der Waals surface area contributed by atoms with E-state index in [0.717, 1.165) is 6.07 Å². The first-order valence-electron chi connectivity index (χ1n) is 6.21. The second-order valence-electron chi connectivity index (χ2n) is 4.21. The normalized spacial score (nSPS) is 11.0. The number of sulfonamides is 1. The van der Waals surface area contributed by atoms with Crippen molar-refractivity contribution in [1.82, 2.24) is 10.3 Å². The number of ether oxygens (including phenoxy) is 1. The molecule has 22 heavy (non-hydrogen) atoms. The maximum atomic E-state index is 12.9. The topological polar surface area (TPSA) is 84.5 Å². The van der Waals surface area contributed by atoms with E-state index < -0.39 is 28.4 Å². The van der Waals surface area contributed by atoms with Gasteiger partial charge in [0.15, 0.2) is 6.61 Å². The summed E-state index contributed by atoms with van der Waals surface area (Å²) in [6.07, 6.45) is 0. The Morgan fingerprint density at radius 1 is 1.09 bits per heavy atom. The highest BCUT2D eigenvalue weighted by Gasteiger charge is 2.14. The number of nitrogens with one attached hydrogen (secondary N) is 2. The number of carbonyl (C=O) groups excluding carboxylic acids is 1. The van der Waals surface area contributed by atoms with Gasteiger partial charge in [-0.2, -0.15) is 0 Å². The molecule has 0 aromatic heterocycles. The van der Waals surface area contributed by atoms with Gasteiger partial charge >= 0.3 is 0 Å². The summed E-state index contributed by atoms with van der Waals surface area (Å²) in [5.74, 6) is -1.05.